The van der Waals surface area contributed by atoms with Crippen LogP contribution in [0.5, 0.6) is 0 Å². The Kier molecular flexibility index (Phi) is 6.32. The van der Waals surface area contributed by atoms with E-state index in [0.29, 0.717) is 6.04 Å². The van der Waals surface area contributed by atoms with Crippen LogP contribution in [0.4, 0.5) is 0 Å². The van der Waals surface area contributed by atoms with Crippen LogP contribution in [0.15, 0.2) is 64.7 Å². The third-order valence-corrected chi connectivity index (χ3v) is 7.84. The van der Waals surface area contributed by atoms with Gasteiger partial charge in [-0.1, -0.05) is 48.2 Å². The highest BCUT2D eigenvalue weighted by Gasteiger charge is 2.24. The van der Waals surface area contributed by atoms with Gasteiger partial charge in [-0.25, -0.2) is 4.98 Å². The van der Waals surface area contributed by atoms with E-state index >= 15 is 0 Å². The molecule has 1 aromatic carbocycles. The van der Waals surface area contributed by atoms with Crippen molar-refractivity contribution in [2.75, 3.05) is 19.6 Å². The van der Waals surface area contributed by atoms with E-state index in [1.165, 1.54) is 36.6 Å². The van der Waals surface area contributed by atoms with E-state index < -0.39 is 0 Å². The van der Waals surface area contributed by atoms with Crippen molar-refractivity contribution >= 4 is 29.4 Å². The van der Waals surface area contributed by atoms with Gasteiger partial charge in [0.15, 0.2) is 0 Å². The number of imidazole rings is 1. The van der Waals surface area contributed by atoms with E-state index in [-0.39, 0.29) is 5.91 Å². The minimum Gasteiger partial charge on any atom is -0.352 e. The number of nitrogens with zero attached hydrogens (tertiary/aromatic N) is 3. The van der Waals surface area contributed by atoms with E-state index in [9.17, 15) is 4.79 Å². The summed E-state index contributed by atoms with van der Waals surface area (Å²) in [7, 11) is 0. The summed E-state index contributed by atoms with van der Waals surface area (Å²) >= 11 is 1.52. The van der Waals surface area contributed by atoms with E-state index in [2.05, 4.69) is 56.9 Å². The molecule has 6 heteroatoms. The zero-order valence-electron chi connectivity index (χ0n) is 18.5. The first-order valence-electron chi connectivity index (χ1n) is 11.6. The van der Waals surface area contributed by atoms with E-state index in [0.717, 1.165) is 53.2 Å². The van der Waals surface area contributed by atoms with Gasteiger partial charge >= 0.3 is 0 Å². The summed E-state index contributed by atoms with van der Waals surface area (Å²) in [6, 6.07) is 17.3. The van der Waals surface area contributed by atoms with Gasteiger partial charge in [0.2, 0.25) is 0 Å². The average Bonchev–Trinajstić information content (AvgIpc) is 3.27. The van der Waals surface area contributed by atoms with Gasteiger partial charge < -0.3 is 5.32 Å². The van der Waals surface area contributed by atoms with E-state index in [4.69, 9.17) is 0 Å². The summed E-state index contributed by atoms with van der Waals surface area (Å²) in [5.74, 6) is 0.785. The van der Waals surface area contributed by atoms with E-state index in [1.54, 1.807) is 0 Å². The molecule has 2 aliphatic rings. The normalized spacial score (nSPS) is 17.8. The van der Waals surface area contributed by atoms with Gasteiger partial charge in [0.25, 0.3) is 5.91 Å². The molecule has 5 nitrogen and oxygen atoms in total. The lowest BCUT2D eigenvalue weighted by Gasteiger charge is -2.36. The van der Waals surface area contributed by atoms with Crippen molar-refractivity contribution in [3.8, 4) is 0 Å². The topological polar surface area (TPSA) is 49.6 Å². The Bertz CT molecular complexity index is 1120. The number of nitrogens with one attached hydrogen (secondary N) is 1. The monoisotopic (exact) mass is 446 g/mol. The Hall–Kier alpha value is -2.57. The van der Waals surface area contributed by atoms with Crippen molar-refractivity contribution in [2.45, 2.75) is 43.7 Å². The average molecular weight is 447 g/mol. The first kappa shape index (κ1) is 21.3. The molecule has 2 aromatic heterocycles. The fourth-order valence-corrected chi connectivity index (χ4v) is 5.86. The van der Waals surface area contributed by atoms with Crippen LogP contribution < -0.4 is 5.32 Å². The quantitative estimate of drug-likeness (QED) is 0.510. The Morgan fingerprint density at radius 2 is 1.97 bits per heavy atom. The lowest BCUT2D eigenvalue weighted by atomic mass is 9.91. The van der Waals surface area contributed by atoms with Crippen molar-refractivity contribution < 1.29 is 4.79 Å². The molecular formula is C26H30N4OS. The molecule has 0 spiro atoms. The number of pyridine rings is 1. The number of carbonyl (C=O) groups excluding carboxylic acids is 1. The van der Waals surface area contributed by atoms with Gasteiger partial charge in [-0.2, -0.15) is 0 Å². The molecule has 3 aromatic rings. The Labute approximate surface area is 193 Å². The highest BCUT2D eigenvalue weighted by molar-refractivity contribution is 8.04. The van der Waals surface area contributed by atoms with Crippen LogP contribution in [0.2, 0.25) is 0 Å². The predicted molar refractivity (Wildman–Crippen MR) is 130 cm³/mol. The maximum atomic E-state index is 12.7. The number of likely N-dealkylation sites (tertiary alicyclic amines) is 1. The SMILES string of the molecule is CC(c1ccccc1)N1CCC(CCCNC(=O)C2=Cc3cnc4cccc(n34)S2)CC1. The molecule has 166 valence electrons. The number of rotatable bonds is 7. The summed E-state index contributed by atoms with van der Waals surface area (Å²) in [5, 5.41) is 4.17. The fraction of sp³-hybridized carbons (Fsp3) is 0.385. The predicted octanol–water partition coefficient (Wildman–Crippen LogP) is 5.15. The maximum Gasteiger partial charge on any atom is 0.258 e. The molecule has 4 heterocycles. The highest BCUT2D eigenvalue weighted by Crippen LogP contribution is 2.34. The highest BCUT2D eigenvalue weighted by atomic mass is 32.2. The van der Waals surface area contributed by atoms with Crippen molar-refractivity contribution in [1.82, 2.24) is 19.6 Å². The van der Waals surface area contributed by atoms with Crippen LogP contribution in [-0.2, 0) is 4.79 Å². The Morgan fingerprint density at radius 1 is 1.16 bits per heavy atom. The molecule has 1 N–H and O–H groups in total. The standard InChI is InChI=1S/C26H30N4OS/c1-19(21-8-3-2-4-9-21)29-15-12-20(13-16-29)7-6-14-27-26(31)23-17-22-18-28-24-10-5-11-25(32-23)30(22)24/h2-5,8-11,17-20H,6-7,12-16H2,1H3,(H,27,31). The van der Waals surface area contributed by atoms with E-state index in [1.807, 2.05) is 30.5 Å². The summed E-state index contributed by atoms with van der Waals surface area (Å²) in [6.07, 6.45) is 8.50. The van der Waals surface area contributed by atoms with Gasteiger partial charge in [-0.3, -0.25) is 14.1 Å². The van der Waals surface area contributed by atoms with Crippen molar-refractivity contribution in [3.05, 3.63) is 70.9 Å². The second kappa shape index (κ2) is 9.51. The summed E-state index contributed by atoms with van der Waals surface area (Å²) < 4.78 is 2.09. The second-order valence-electron chi connectivity index (χ2n) is 8.82. The summed E-state index contributed by atoms with van der Waals surface area (Å²) in [6.45, 7) is 5.38. The molecule has 5 rings (SSSR count). The molecule has 2 aliphatic heterocycles. The molecule has 1 saturated heterocycles. The summed E-state index contributed by atoms with van der Waals surface area (Å²) in [4.78, 5) is 20.5. The molecule has 0 bridgehead atoms. The third kappa shape index (κ3) is 4.48. The molecule has 1 fully saturated rings. The van der Waals surface area contributed by atoms with Gasteiger partial charge in [0.1, 0.15) is 5.65 Å². The van der Waals surface area contributed by atoms with Gasteiger partial charge in [-0.15, -0.1) is 0 Å². The zero-order valence-corrected chi connectivity index (χ0v) is 19.4. The minimum atomic E-state index is 0.0194. The van der Waals surface area contributed by atoms with Gasteiger partial charge in [-0.05, 0) is 75.4 Å². The number of amides is 1. The largest absolute Gasteiger partial charge is 0.352 e. The molecule has 1 unspecified atom stereocenters. The lowest BCUT2D eigenvalue weighted by Crippen LogP contribution is -2.36. The smallest absolute Gasteiger partial charge is 0.258 e. The molecule has 1 atom stereocenters. The van der Waals surface area contributed by atoms with Crippen LogP contribution in [0.25, 0.3) is 11.7 Å². The van der Waals surface area contributed by atoms with Crippen molar-refractivity contribution in [1.29, 1.82) is 0 Å². The lowest BCUT2D eigenvalue weighted by molar-refractivity contribution is -0.116. The van der Waals surface area contributed by atoms with Crippen molar-refractivity contribution in [3.63, 3.8) is 0 Å². The molecular weight excluding hydrogens is 416 g/mol. The van der Waals surface area contributed by atoms with Crippen molar-refractivity contribution in [2.24, 2.45) is 5.92 Å². The number of hydrogen-bond donors (Lipinski definition) is 1. The number of piperidine rings is 1. The fourth-order valence-electron chi connectivity index (χ4n) is 4.85. The summed E-state index contributed by atoms with van der Waals surface area (Å²) in [5.41, 5.74) is 3.30. The first-order chi connectivity index (χ1) is 15.7. The first-order valence-corrected chi connectivity index (χ1v) is 12.4. The van der Waals surface area contributed by atoms with Gasteiger partial charge in [0.05, 0.1) is 21.8 Å². The minimum absolute atomic E-state index is 0.0194. The van der Waals surface area contributed by atoms with Crippen LogP contribution in [-0.4, -0.2) is 39.8 Å². The maximum absolute atomic E-state index is 12.7. The Morgan fingerprint density at radius 3 is 2.78 bits per heavy atom. The molecule has 0 radical (unpaired) electrons. The van der Waals surface area contributed by atoms with Crippen LogP contribution in [0.1, 0.15) is 49.9 Å². The number of carbonyl (C=O) groups is 1. The molecule has 0 saturated carbocycles. The molecule has 32 heavy (non-hydrogen) atoms. The molecule has 0 aliphatic carbocycles. The van der Waals surface area contributed by atoms with Crippen LogP contribution >= 0.6 is 11.8 Å². The zero-order chi connectivity index (χ0) is 21.9. The number of thioether (sulfide) groups is 1. The van der Waals surface area contributed by atoms with Gasteiger partial charge in [0, 0.05) is 12.6 Å². The van der Waals surface area contributed by atoms with Crippen LogP contribution in [0, 0.1) is 5.92 Å². The number of hydrogen-bond acceptors (Lipinski definition) is 4. The third-order valence-electron chi connectivity index (χ3n) is 6.79. The Balaban J connectivity index is 1.05. The second-order valence-corrected chi connectivity index (χ2v) is 9.88. The number of aromatic nitrogens is 2. The number of benzene rings is 1. The van der Waals surface area contributed by atoms with Crippen LogP contribution in [0.3, 0.4) is 0 Å². The molecule has 1 amide bonds.